The topological polar surface area (TPSA) is 29.9 Å². The average Bonchev–Trinajstić information content (AvgIpc) is 2.71. The van der Waals surface area contributed by atoms with Crippen LogP contribution >= 0.6 is 31.9 Å². The van der Waals surface area contributed by atoms with Crippen molar-refractivity contribution in [3.63, 3.8) is 0 Å². The number of rotatable bonds is 5. The molecule has 2 rings (SSSR count). The van der Waals surface area contributed by atoms with Crippen molar-refractivity contribution in [1.29, 1.82) is 0 Å². The molecule has 0 radical (unpaired) electrons. The van der Waals surface area contributed by atoms with Crippen LogP contribution in [0.1, 0.15) is 36.8 Å². The quantitative estimate of drug-likeness (QED) is 0.807. The number of aryl methyl sites for hydroxylation is 2. The summed E-state index contributed by atoms with van der Waals surface area (Å²) in [6.45, 7) is 5.08. The minimum atomic E-state index is 0.291. The van der Waals surface area contributed by atoms with E-state index in [1.54, 1.807) is 0 Å². The number of hydrogen-bond acceptors (Lipinski definition) is 2. The summed E-state index contributed by atoms with van der Waals surface area (Å²) in [5.74, 6) is 0. The molecule has 0 aliphatic heterocycles. The van der Waals surface area contributed by atoms with Gasteiger partial charge in [-0.3, -0.25) is 4.68 Å². The zero-order chi connectivity index (χ0) is 14.7. The van der Waals surface area contributed by atoms with Gasteiger partial charge in [0.25, 0.3) is 0 Å². The SMILES string of the molecule is CCc1nn(C)c(CNC(C)c2cccc(Br)c2)c1Br. The van der Waals surface area contributed by atoms with Gasteiger partial charge in [0, 0.05) is 24.1 Å². The number of benzene rings is 1. The maximum atomic E-state index is 4.52. The van der Waals surface area contributed by atoms with E-state index in [1.165, 1.54) is 11.3 Å². The molecule has 0 saturated carbocycles. The molecule has 0 aliphatic carbocycles. The lowest BCUT2D eigenvalue weighted by Crippen LogP contribution is -2.20. The first kappa shape index (κ1) is 15.7. The molecule has 108 valence electrons. The van der Waals surface area contributed by atoms with Gasteiger partial charge in [-0.1, -0.05) is 35.0 Å². The second-order valence-electron chi connectivity index (χ2n) is 4.84. The van der Waals surface area contributed by atoms with Crippen molar-refractivity contribution in [3.8, 4) is 0 Å². The van der Waals surface area contributed by atoms with E-state index >= 15 is 0 Å². The molecule has 0 amide bonds. The van der Waals surface area contributed by atoms with Crippen LogP contribution in [-0.4, -0.2) is 9.78 Å². The zero-order valence-electron chi connectivity index (χ0n) is 12.0. The van der Waals surface area contributed by atoms with E-state index < -0.39 is 0 Å². The molecule has 5 heteroatoms. The Bertz CT molecular complexity index is 593. The highest BCUT2D eigenvalue weighted by molar-refractivity contribution is 9.10. The Morgan fingerprint density at radius 3 is 2.70 bits per heavy atom. The minimum Gasteiger partial charge on any atom is -0.305 e. The molecule has 1 heterocycles. The van der Waals surface area contributed by atoms with Crippen molar-refractivity contribution in [2.45, 2.75) is 32.9 Å². The molecule has 0 bridgehead atoms. The van der Waals surface area contributed by atoms with Gasteiger partial charge < -0.3 is 5.32 Å². The third-order valence-corrected chi connectivity index (χ3v) is 4.84. The molecule has 0 fully saturated rings. The van der Waals surface area contributed by atoms with Crippen molar-refractivity contribution in [3.05, 3.63) is 50.2 Å². The lowest BCUT2D eigenvalue weighted by Gasteiger charge is -2.15. The van der Waals surface area contributed by atoms with Crippen LogP contribution in [0.25, 0.3) is 0 Å². The fourth-order valence-electron chi connectivity index (χ4n) is 2.16. The first-order valence-corrected chi connectivity index (χ1v) is 8.30. The van der Waals surface area contributed by atoms with Crippen LogP contribution in [0.15, 0.2) is 33.2 Å². The molecule has 1 unspecified atom stereocenters. The molecular weight excluding hydrogens is 382 g/mol. The molecular formula is C15H19Br2N3. The van der Waals surface area contributed by atoms with Crippen LogP contribution in [0.2, 0.25) is 0 Å². The molecule has 0 spiro atoms. The van der Waals surface area contributed by atoms with Crippen LogP contribution in [0, 0.1) is 0 Å². The third-order valence-electron chi connectivity index (χ3n) is 3.43. The van der Waals surface area contributed by atoms with Crippen LogP contribution in [0.5, 0.6) is 0 Å². The second kappa shape index (κ2) is 6.87. The predicted molar refractivity (Wildman–Crippen MR) is 89.7 cm³/mol. The van der Waals surface area contributed by atoms with E-state index in [0.717, 1.165) is 27.6 Å². The van der Waals surface area contributed by atoms with Crippen molar-refractivity contribution in [2.24, 2.45) is 7.05 Å². The van der Waals surface area contributed by atoms with Gasteiger partial charge in [-0.25, -0.2) is 0 Å². The van der Waals surface area contributed by atoms with Crippen LogP contribution in [0.3, 0.4) is 0 Å². The van der Waals surface area contributed by atoms with Gasteiger partial charge in [0.1, 0.15) is 0 Å². The van der Waals surface area contributed by atoms with Gasteiger partial charge in [0.15, 0.2) is 0 Å². The Morgan fingerprint density at radius 2 is 2.10 bits per heavy atom. The molecule has 1 aromatic heterocycles. The number of nitrogens with zero attached hydrogens (tertiary/aromatic N) is 2. The van der Waals surface area contributed by atoms with E-state index in [2.05, 4.69) is 74.3 Å². The zero-order valence-corrected chi connectivity index (χ0v) is 15.1. The highest BCUT2D eigenvalue weighted by Gasteiger charge is 2.13. The largest absolute Gasteiger partial charge is 0.305 e. The minimum absolute atomic E-state index is 0.291. The van der Waals surface area contributed by atoms with Gasteiger partial charge in [0.2, 0.25) is 0 Å². The Hall–Kier alpha value is -0.650. The summed E-state index contributed by atoms with van der Waals surface area (Å²) >= 11 is 7.16. The van der Waals surface area contributed by atoms with Gasteiger partial charge in [-0.05, 0) is 47.0 Å². The molecule has 1 aromatic carbocycles. The normalized spacial score (nSPS) is 12.7. The Morgan fingerprint density at radius 1 is 1.35 bits per heavy atom. The summed E-state index contributed by atoms with van der Waals surface area (Å²) in [4.78, 5) is 0. The van der Waals surface area contributed by atoms with Crippen LogP contribution in [-0.2, 0) is 20.0 Å². The Kier molecular flexibility index (Phi) is 5.41. The smallest absolute Gasteiger partial charge is 0.0767 e. The maximum Gasteiger partial charge on any atom is 0.0767 e. The molecule has 0 saturated heterocycles. The van der Waals surface area contributed by atoms with Crippen LogP contribution in [0.4, 0.5) is 0 Å². The molecule has 0 aliphatic rings. The van der Waals surface area contributed by atoms with Crippen LogP contribution < -0.4 is 5.32 Å². The van der Waals surface area contributed by atoms with E-state index in [4.69, 9.17) is 0 Å². The molecule has 3 nitrogen and oxygen atoms in total. The predicted octanol–water partition coefficient (Wildman–Crippen LogP) is 4.36. The highest BCUT2D eigenvalue weighted by Crippen LogP contribution is 2.23. The summed E-state index contributed by atoms with van der Waals surface area (Å²) in [6.07, 6.45) is 0.940. The van der Waals surface area contributed by atoms with Crippen molar-refractivity contribution in [2.75, 3.05) is 0 Å². The van der Waals surface area contributed by atoms with E-state index in [1.807, 2.05) is 17.8 Å². The number of nitrogens with one attached hydrogen (secondary N) is 1. The van der Waals surface area contributed by atoms with Crippen molar-refractivity contribution in [1.82, 2.24) is 15.1 Å². The van der Waals surface area contributed by atoms with Gasteiger partial charge in [0.05, 0.1) is 15.9 Å². The first-order chi connectivity index (χ1) is 9.52. The van der Waals surface area contributed by atoms with E-state index in [9.17, 15) is 0 Å². The molecule has 20 heavy (non-hydrogen) atoms. The fourth-order valence-corrected chi connectivity index (χ4v) is 3.33. The summed E-state index contributed by atoms with van der Waals surface area (Å²) in [7, 11) is 1.99. The summed E-state index contributed by atoms with van der Waals surface area (Å²) < 4.78 is 4.18. The second-order valence-corrected chi connectivity index (χ2v) is 6.55. The van der Waals surface area contributed by atoms with Gasteiger partial charge >= 0.3 is 0 Å². The third kappa shape index (κ3) is 3.51. The Balaban J connectivity index is 2.07. The molecule has 1 atom stereocenters. The lowest BCUT2D eigenvalue weighted by atomic mass is 10.1. The lowest BCUT2D eigenvalue weighted by molar-refractivity contribution is 0.546. The molecule has 2 aromatic rings. The number of aromatic nitrogens is 2. The van der Waals surface area contributed by atoms with Gasteiger partial charge in [-0.15, -0.1) is 0 Å². The fraction of sp³-hybridized carbons (Fsp3) is 0.400. The van der Waals surface area contributed by atoms with Gasteiger partial charge in [-0.2, -0.15) is 5.10 Å². The number of hydrogen-bond donors (Lipinski definition) is 1. The van der Waals surface area contributed by atoms with E-state index in [0.29, 0.717) is 6.04 Å². The standard InChI is InChI=1S/C15H19Br2N3/c1-4-13-15(17)14(20(3)19-13)9-18-10(2)11-6-5-7-12(16)8-11/h5-8,10,18H,4,9H2,1-3H3. The average molecular weight is 401 g/mol. The van der Waals surface area contributed by atoms with Crippen molar-refractivity contribution >= 4 is 31.9 Å². The summed E-state index contributed by atoms with van der Waals surface area (Å²) in [5, 5.41) is 8.07. The number of halogens is 2. The van der Waals surface area contributed by atoms with E-state index in [-0.39, 0.29) is 0 Å². The summed E-state index contributed by atoms with van der Waals surface area (Å²) in [6, 6.07) is 8.68. The van der Waals surface area contributed by atoms with Crippen molar-refractivity contribution < 1.29 is 0 Å². The first-order valence-electron chi connectivity index (χ1n) is 6.72. The molecule has 1 N–H and O–H groups in total. The summed E-state index contributed by atoms with van der Waals surface area (Å²) in [5.41, 5.74) is 3.57. The monoisotopic (exact) mass is 399 g/mol. The highest BCUT2D eigenvalue weighted by atomic mass is 79.9. The Labute approximate surface area is 137 Å². The maximum absolute atomic E-state index is 4.52.